The highest BCUT2D eigenvalue weighted by molar-refractivity contribution is 5.68. The van der Waals surface area contributed by atoms with E-state index in [2.05, 4.69) is 15.2 Å². The Labute approximate surface area is 205 Å². The Morgan fingerprint density at radius 1 is 1.14 bits per heavy atom. The van der Waals surface area contributed by atoms with E-state index in [-0.39, 0.29) is 24.1 Å². The number of pyridine rings is 1. The molecule has 0 bridgehead atoms. The van der Waals surface area contributed by atoms with E-state index in [4.69, 9.17) is 14.2 Å². The van der Waals surface area contributed by atoms with Crippen LogP contribution >= 0.6 is 0 Å². The zero-order valence-electron chi connectivity index (χ0n) is 21.1. The monoisotopic (exact) mass is 501 g/mol. The third-order valence-electron chi connectivity index (χ3n) is 6.55. The fourth-order valence-corrected chi connectivity index (χ4v) is 4.81. The summed E-state index contributed by atoms with van der Waals surface area (Å²) in [5.41, 5.74) is 1.34. The van der Waals surface area contributed by atoms with Gasteiger partial charge in [-0.2, -0.15) is 13.2 Å². The molecule has 1 N–H and O–H groups in total. The third kappa shape index (κ3) is 9.14. The van der Waals surface area contributed by atoms with Crippen LogP contribution in [0.15, 0.2) is 12.1 Å². The van der Waals surface area contributed by atoms with Crippen LogP contribution in [-0.2, 0) is 22.3 Å². The minimum Gasteiger partial charge on any atom is -0.468 e. The average molecular weight is 502 g/mol. The molecule has 0 radical (unpaired) electrons. The number of ether oxygens (including phenoxy) is 3. The van der Waals surface area contributed by atoms with Crippen LogP contribution in [0.4, 0.5) is 18.0 Å². The van der Waals surface area contributed by atoms with Crippen molar-refractivity contribution in [3.05, 3.63) is 23.4 Å². The predicted molar refractivity (Wildman–Crippen MR) is 126 cm³/mol. The lowest BCUT2D eigenvalue weighted by molar-refractivity contribution is -0.154. The fourth-order valence-electron chi connectivity index (χ4n) is 4.81. The van der Waals surface area contributed by atoms with Crippen LogP contribution in [-0.4, -0.2) is 73.3 Å². The van der Waals surface area contributed by atoms with Gasteiger partial charge in [-0.3, -0.25) is 0 Å². The van der Waals surface area contributed by atoms with Crippen LogP contribution < -0.4 is 10.1 Å². The lowest BCUT2D eigenvalue weighted by Crippen LogP contribution is -2.44. The molecule has 1 atom stereocenters. The van der Waals surface area contributed by atoms with Crippen molar-refractivity contribution >= 4 is 6.09 Å². The molecule has 198 valence electrons. The van der Waals surface area contributed by atoms with E-state index < -0.39 is 18.4 Å². The lowest BCUT2D eigenvalue weighted by Gasteiger charge is -2.36. The Morgan fingerprint density at radius 3 is 2.46 bits per heavy atom. The number of amides is 1. The molecule has 0 spiro atoms. The van der Waals surface area contributed by atoms with E-state index in [1.807, 2.05) is 26.8 Å². The minimum atomic E-state index is -4.38. The first-order valence-corrected chi connectivity index (χ1v) is 12.3. The van der Waals surface area contributed by atoms with Gasteiger partial charge in [0, 0.05) is 51.0 Å². The van der Waals surface area contributed by atoms with Gasteiger partial charge in [0.25, 0.3) is 0 Å². The summed E-state index contributed by atoms with van der Waals surface area (Å²) in [5.74, 6) is 0.420. The molecule has 1 fully saturated rings. The summed E-state index contributed by atoms with van der Waals surface area (Å²) in [7, 11) is 1.74. The molecule has 1 aromatic rings. The number of alkyl carbamates (subject to hydrolysis) is 1. The Kier molecular flexibility index (Phi) is 9.26. The second kappa shape index (κ2) is 11.8. The van der Waals surface area contributed by atoms with Crippen LogP contribution in [0.5, 0.6) is 5.88 Å². The molecule has 7 nitrogen and oxygen atoms in total. The number of alkyl halides is 3. The second-order valence-electron chi connectivity index (χ2n) is 10.5. The van der Waals surface area contributed by atoms with E-state index in [1.54, 1.807) is 7.11 Å². The van der Waals surface area contributed by atoms with Gasteiger partial charge in [-0.05, 0) is 64.4 Å². The van der Waals surface area contributed by atoms with E-state index in [0.29, 0.717) is 12.3 Å². The van der Waals surface area contributed by atoms with Crippen molar-refractivity contribution in [1.29, 1.82) is 0 Å². The number of carbonyl (C=O) groups is 1. The minimum absolute atomic E-state index is 0.0149. The number of rotatable bonds is 7. The van der Waals surface area contributed by atoms with Crippen molar-refractivity contribution in [2.45, 2.75) is 83.2 Å². The molecule has 0 aromatic carbocycles. The molecule has 1 amide bonds. The van der Waals surface area contributed by atoms with Gasteiger partial charge in [-0.15, -0.1) is 0 Å². The van der Waals surface area contributed by atoms with Crippen molar-refractivity contribution in [2.24, 2.45) is 5.92 Å². The first-order chi connectivity index (χ1) is 16.4. The highest BCUT2D eigenvalue weighted by Gasteiger charge is 2.31. The zero-order valence-corrected chi connectivity index (χ0v) is 21.1. The highest BCUT2D eigenvalue weighted by atomic mass is 19.4. The summed E-state index contributed by atoms with van der Waals surface area (Å²) in [4.78, 5) is 18.7. The maximum atomic E-state index is 12.4. The van der Waals surface area contributed by atoms with E-state index in [1.165, 1.54) is 6.07 Å². The normalized spacial score (nSPS) is 22.6. The molecule has 10 heteroatoms. The number of nitrogens with zero attached hydrogens (tertiary/aromatic N) is 2. The van der Waals surface area contributed by atoms with Crippen LogP contribution in [0.2, 0.25) is 0 Å². The van der Waals surface area contributed by atoms with Crippen molar-refractivity contribution in [1.82, 2.24) is 15.2 Å². The van der Waals surface area contributed by atoms with Gasteiger partial charge in [-0.25, -0.2) is 9.78 Å². The van der Waals surface area contributed by atoms with Crippen molar-refractivity contribution in [2.75, 3.05) is 33.4 Å². The predicted octanol–water partition coefficient (Wildman–Crippen LogP) is 4.52. The summed E-state index contributed by atoms with van der Waals surface area (Å²) < 4.78 is 53.4. The number of aromatic nitrogens is 1. The van der Waals surface area contributed by atoms with Crippen LogP contribution in [0, 0.1) is 5.92 Å². The zero-order chi connectivity index (χ0) is 25.6. The highest BCUT2D eigenvalue weighted by Crippen LogP contribution is 2.30. The Morgan fingerprint density at radius 2 is 1.83 bits per heavy atom. The molecule has 3 rings (SSSR count). The summed E-state index contributed by atoms with van der Waals surface area (Å²) in [6.07, 6.45) is 0.478. The number of methoxy groups -OCH3 is 1. The molecule has 2 aliphatic rings. The molecular formula is C25H38F3N3O4. The third-order valence-corrected chi connectivity index (χ3v) is 6.55. The van der Waals surface area contributed by atoms with Crippen LogP contribution in [0.1, 0.15) is 57.7 Å². The summed E-state index contributed by atoms with van der Waals surface area (Å²) in [5, 5.41) is 2.98. The lowest BCUT2D eigenvalue weighted by atomic mass is 9.82. The van der Waals surface area contributed by atoms with Crippen molar-refractivity contribution in [3.63, 3.8) is 0 Å². The Bertz CT molecular complexity index is 836. The van der Waals surface area contributed by atoms with E-state index in [9.17, 15) is 18.0 Å². The van der Waals surface area contributed by atoms with Gasteiger partial charge in [0.2, 0.25) is 5.88 Å². The maximum absolute atomic E-state index is 12.4. The fraction of sp³-hybridized carbons (Fsp3) is 0.760. The molecule has 35 heavy (non-hydrogen) atoms. The molecule has 2 heterocycles. The SMILES string of the molecule is CO[C@@H](CN1CCc2ccc(OCC(F)(F)F)nc2CC1)[C@H]1CC[C@H](NC(=O)OC(C)(C)C)CC1. The van der Waals surface area contributed by atoms with Crippen LogP contribution in [0.25, 0.3) is 0 Å². The number of halogens is 3. The van der Waals surface area contributed by atoms with Gasteiger partial charge in [0.1, 0.15) is 5.60 Å². The second-order valence-corrected chi connectivity index (χ2v) is 10.5. The summed E-state index contributed by atoms with van der Waals surface area (Å²) >= 11 is 0. The topological polar surface area (TPSA) is 72.9 Å². The standard InChI is InChI=1S/C25H38F3N3O4/c1-24(2,3)35-23(32)29-19-8-5-18(6-9-19)21(33-4)15-31-13-11-17-7-10-22(30-20(17)12-14-31)34-16-25(26,27)28/h7,10,18-19,21H,5-6,8-9,11-16H2,1-4H3,(H,29,32)/t18-,19-,21-/m0/s1. The average Bonchev–Trinajstić information content (AvgIpc) is 2.97. The summed E-state index contributed by atoms with van der Waals surface area (Å²) in [6.45, 7) is 6.61. The largest absolute Gasteiger partial charge is 0.468 e. The number of carbonyl (C=O) groups excluding carboxylic acids is 1. The summed E-state index contributed by atoms with van der Waals surface area (Å²) in [6, 6.07) is 3.46. The smallest absolute Gasteiger partial charge is 0.422 e. The maximum Gasteiger partial charge on any atom is 0.422 e. The molecular weight excluding hydrogens is 463 g/mol. The van der Waals surface area contributed by atoms with Crippen molar-refractivity contribution < 1.29 is 32.2 Å². The number of nitrogens with one attached hydrogen (secondary N) is 1. The van der Waals surface area contributed by atoms with Gasteiger partial charge in [0.15, 0.2) is 6.61 Å². The molecule has 1 saturated carbocycles. The van der Waals surface area contributed by atoms with Gasteiger partial charge in [0.05, 0.1) is 6.10 Å². The molecule has 1 aliphatic carbocycles. The van der Waals surface area contributed by atoms with Crippen LogP contribution in [0.3, 0.4) is 0 Å². The molecule has 1 aliphatic heterocycles. The Balaban J connectivity index is 1.47. The first-order valence-electron chi connectivity index (χ1n) is 12.3. The van der Waals surface area contributed by atoms with Gasteiger partial charge >= 0.3 is 12.3 Å². The van der Waals surface area contributed by atoms with E-state index in [0.717, 1.165) is 63.0 Å². The van der Waals surface area contributed by atoms with Gasteiger partial charge in [-0.1, -0.05) is 6.07 Å². The van der Waals surface area contributed by atoms with E-state index >= 15 is 0 Å². The number of fused-ring (bicyclic) bond motifs is 1. The number of hydrogen-bond acceptors (Lipinski definition) is 6. The molecule has 0 saturated heterocycles. The molecule has 0 unspecified atom stereocenters. The number of hydrogen-bond donors (Lipinski definition) is 1. The quantitative estimate of drug-likeness (QED) is 0.592. The van der Waals surface area contributed by atoms with Gasteiger partial charge < -0.3 is 24.4 Å². The molecule has 1 aromatic heterocycles. The Hall–Kier alpha value is -2.07. The van der Waals surface area contributed by atoms with Crippen molar-refractivity contribution in [3.8, 4) is 5.88 Å². The first kappa shape index (κ1) is 27.5.